The van der Waals surface area contributed by atoms with Crippen molar-refractivity contribution in [2.45, 2.75) is 20.3 Å². The number of aryl methyl sites for hydroxylation is 1. The number of esters is 2. The molecule has 0 aliphatic heterocycles. The van der Waals surface area contributed by atoms with Gasteiger partial charge in [0.25, 0.3) is 11.8 Å². The van der Waals surface area contributed by atoms with Gasteiger partial charge in [-0.1, -0.05) is 52.3 Å². The third-order valence-electron chi connectivity index (χ3n) is 5.67. The van der Waals surface area contributed by atoms with Crippen LogP contribution >= 0.6 is 0 Å². The molecule has 0 fully saturated rings. The number of ether oxygens (including phenoxy) is 2. The van der Waals surface area contributed by atoms with Crippen molar-refractivity contribution in [2.75, 3.05) is 13.2 Å². The van der Waals surface area contributed by atoms with E-state index in [2.05, 4.69) is 20.3 Å². The molecule has 10 heteroatoms. The van der Waals surface area contributed by atoms with E-state index in [4.69, 9.17) is 18.5 Å². The van der Waals surface area contributed by atoms with E-state index in [0.29, 0.717) is 46.2 Å². The van der Waals surface area contributed by atoms with E-state index in [9.17, 15) is 9.59 Å². The summed E-state index contributed by atoms with van der Waals surface area (Å²) < 4.78 is 21.1. The largest absolute Gasteiger partial charge is 0.466 e. The number of benzene rings is 3. The van der Waals surface area contributed by atoms with Gasteiger partial charge in [0.05, 0.1) is 18.8 Å². The lowest BCUT2D eigenvalue weighted by molar-refractivity contribution is -0.141. The predicted octanol–water partition coefficient (Wildman–Crippen LogP) is 5.54. The van der Waals surface area contributed by atoms with E-state index in [1.807, 2.05) is 55.5 Å². The summed E-state index contributed by atoms with van der Waals surface area (Å²) in [6, 6.07) is 22.0. The van der Waals surface area contributed by atoms with Crippen molar-refractivity contribution in [3.05, 3.63) is 83.9 Å². The van der Waals surface area contributed by atoms with Gasteiger partial charge in [0, 0.05) is 35.6 Å². The molecule has 0 aliphatic carbocycles. The van der Waals surface area contributed by atoms with Crippen LogP contribution in [-0.4, -0.2) is 45.4 Å². The molecular formula is C29H24N4O6. The van der Waals surface area contributed by atoms with Crippen LogP contribution in [0.15, 0.2) is 81.8 Å². The first-order valence-corrected chi connectivity index (χ1v) is 12.2. The second-order valence-electron chi connectivity index (χ2n) is 8.71. The van der Waals surface area contributed by atoms with E-state index in [-0.39, 0.29) is 25.1 Å². The van der Waals surface area contributed by atoms with Crippen LogP contribution in [0.5, 0.6) is 0 Å². The smallest absolute Gasteiger partial charge is 0.338 e. The van der Waals surface area contributed by atoms with Gasteiger partial charge in [-0.05, 0) is 43.3 Å². The Kier molecular flexibility index (Phi) is 7.53. The first-order chi connectivity index (χ1) is 19.0. The monoisotopic (exact) mass is 524 g/mol. The molecule has 39 heavy (non-hydrogen) atoms. The third-order valence-corrected chi connectivity index (χ3v) is 5.67. The molecule has 0 saturated heterocycles. The normalized spacial score (nSPS) is 10.8. The number of carbonyl (C=O) groups excluding carboxylic acids is 2. The SMILES string of the molecule is CC(=O)OCCCOC(=O)c1cccc(-c2nc(-c3cccc(-c4nc(-c5cccc(C)c5)no4)c3)no2)c1. The highest BCUT2D eigenvalue weighted by Crippen LogP contribution is 2.28. The summed E-state index contributed by atoms with van der Waals surface area (Å²) in [5.74, 6) is 0.612. The van der Waals surface area contributed by atoms with Crippen LogP contribution in [-0.2, 0) is 14.3 Å². The highest BCUT2D eigenvalue weighted by molar-refractivity contribution is 5.90. The zero-order valence-corrected chi connectivity index (χ0v) is 21.3. The molecular weight excluding hydrogens is 500 g/mol. The Labute approximate surface area is 223 Å². The van der Waals surface area contributed by atoms with Gasteiger partial charge in [-0.2, -0.15) is 9.97 Å². The van der Waals surface area contributed by atoms with E-state index in [1.165, 1.54) is 6.92 Å². The molecule has 196 valence electrons. The summed E-state index contributed by atoms with van der Waals surface area (Å²) >= 11 is 0. The highest BCUT2D eigenvalue weighted by atomic mass is 16.5. The van der Waals surface area contributed by atoms with Crippen molar-refractivity contribution in [2.24, 2.45) is 0 Å². The minimum atomic E-state index is -0.503. The molecule has 0 radical (unpaired) electrons. The number of carbonyl (C=O) groups is 2. The van der Waals surface area contributed by atoms with Crippen LogP contribution in [0.2, 0.25) is 0 Å². The maximum atomic E-state index is 12.4. The summed E-state index contributed by atoms with van der Waals surface area (Å²) in [7, 11) is 0. The Morgan fingerprint density at radius 2 is 1.28 bits per heavy atom. The fraction of sp³-hybridized carbons (Fsp3) is 0.172. The fourth-order valence-electron chi connectivity index (χ4n) is 3.79. The lowest BCUT2D eigenvalue weighted by Crippen LogP contribution is -2.09. The number of hydrogen-bond donors (Lipinski definition) is 0. The predicted molar refractivity (Wildman–Crippen MR) is 140 cm³/mol. The molecule has 2 heterocycles. The van der Waals surface area contributed by atoms with Crippen LogP contribution < -0.4 is 0 Å². The number of aromatic nitrogens is 4. The van der Waals surface area contributed by atoms with Crippen molar-refractivity contribution in [3.8, 4) is 45.7 Å². The van der Waals surface area contributed by atoms with E-state index in [0.717, 1.165) is 11.1 Å². The summed E-state index contributed by atoms with van der Waals surface area (Å²) in [4.78, 5) is 32.3. The second kappa shape index (κ2) is 11.5. The molecule has 0 amide bonds. The Bertz CT molecular complexity index is 1620. The molecule has 3 aromatic carbocycles. The van der Waals surface area contributed by atoms with Crippen LogP contribution in [0.1, 0.15) is 29.3 Å². The van der Waals surface area contributed by atoms with Gasteiger partial charge in [0.1, 0.15) is 0 Å². The average molecular weight is 525 g/mol. The van der Waals surface area contributed by atoms with E-state index >= 15 is 0 Å². The van der Waals surface area contributed by atoms with Crippen molar-refractivity contribution in [3.63, 3.8) is 0 Å². The minimum Gasteiger partial charge on any atom is -0.466 e. The topological polar surface area (TPSA) is 130 Å². The van der Waals surface area contributed by atoms with Crippen LogP contribution in [0, 0.1) is 6.92 Å². The average Bonchev–Trinajstić information content (AvgIpc) is 3.64. The molecule has 10 nitrogen and oxygen atoms in total. The first-order valence-electron chi connectivity index (χ1n) is 12.2. The van der Waals surface area contributed by atoms with Crippen molar-refractivity contribution < 1.29 is 28.1 Å². The van der Waals surface area contributed by atoms with Gasteiger partial charge in [-0.3, -0.25) is 4.79 Å². The Hall–Kier alpha value is -5.12. The molecule has 0 N–H and O–H groups in total. The quantitative estimate of drug-likeness (QED) is 0.179. The standard InChI is InChI=1S/C29H24N4O6/c1-18-7-3-8-20(15-18)25-30-27(38-32-25)22-10-4-9-21(16-22)26-31-28(39-33-26)23-11-5-12-24(17-23)29(35)37-14-6-13-36-19(2)34/h3-5,7-12,15-17H,6,13-14H2,1-2H3. The zero-order valence-electron chi connectivity index (χ0n) is 21.3. The molecule has 0 unspecified atom stereocenters. The van der Waals surface area contributed by atoms with Gasteiger partial charge < -0.3 is 18.5 Å². The molecule has 0 atom stereocenters. The van der Waals surface area contributed by atoms with Crippen molar-refractivity contribution >= 4 is 11.9 Å². The van der Waals surface area contributed by atoms with Gasteiger partial charge >= 0.3 is 11.9 Å². The summed E-state index contributed by atoms with van der Waals surface area (Å²) in [6.07, 6.45) is 0.411. The molecule has 5 rings (SSSR count). The van der Waals surface area contributed by atoms with Crippen LogP contribution in [0.3, 0.4) is 0 Å². The van der Waals surface area contributed by atoms with Crippen LogP contribution in [0.25, 0.3) is 45.7 Å². The summed E-state index contributed by atoms with van der Waals surface area (Å²) in [5, 5.41) is 8.22. The third kappa shape index (κ3) is 6.24. The van der Waals surface area contributed by atoms with Gasteiger partial charge in [0.2, 0.25) is 11.6 Å². The molecule has 2 aromatic heterocycles. The van der Waals surface area contributed by atoms with E-state index in [1.54, 1.807) is 24.3 Å². The maximum absolute atomic E-state index is 12.4. The molecule has 5 aromatic rings. The van der Waals surface area contributed by atoms with Gasteiger partial charge in [0.15, 0.2) is 0 Å². The van der Waals surface area contributed by atoms with Crippen molar-refractivity contribution in [1.29, 1.82) is 0 Å². The lowest BCUT2D eigenvalue weighted by Gasteiger charge is -2.05. The molecule has 0 spiro atoms. The van der Waals surface area contributed by atoms with E-state index < -0.39 is 5.97 Å². The summed E-state index contributed by atoms with van der Waals surface area (Å²) in [5.41, 5.74) is 4.29. The Morgan fingerprint density at radius 1 is 0.718 bits per heavy atom. The number of nitrogens with zero attached hydrogens (tertiary/aromatic N) is 4. The molecule has 0 saturated carbocycles. The molecule has 0 bridgehead atoms. The zero-order chi connectivity index (χ0) is 27.2. The maximum Gasteiger partial charge on any atom is 0.338 e. The number of rotatable bonds is 9. The van der Waals surface area contributed by atoms with Crippen molar-refractivity contribution in [1.82, 2.24) is 20.3 Å². The Balaban J connectivity index is 1.29. The number of hydrogen-bond acceptors (Lipinski definition) is 10. The van der Waals surface area contributed by atoms with Gasteiger partial charge in [-0.25, -0.2) is 4.79 Å². The fourth-order valence-corrected chi connectivity index (χ4v) is 3.79. The van der Waals surface area contributed by atoms with Crippen LogP contribution in [0.4, 0.5) is 0 Å². The minimum absolute atomic E-state index is 0.129. The highest BCUT2D eigenvalue weighted by Gasteiger charge is 2.16. The lowest BCUT2D eigenvalue weighted by atomic mass is 10.1. The summed E-state index contributed by atoms with van der Waals surface area (Å²) in [6.45, 7) is 3.65. The first kappa shape index (κ1) is 25.5. The Morgan fingerprint density at radius 3 is 1.95 bits per heavy atom. The second-order valence-corrected chi connectivity index (χ2v) is 8.71. The molecule has 0 aliphatic rings. The van der Waals surface area contributed by atoms with Gasteiger partial charge in [-0.15, -0.1) is 0 Å².